The van der Waals surface area contributed by atoms with Crippen LogP contribution < -0.4 is 0 Å². The van der Waals surface area contributed by atoms with Gasteiger partial charge in [0, 0.05) is 11.8 Å². The number of nitrogens with one attached hydrogen (secondary N) is 1. The number of aldehydes is 1. The summed E-state index contributed by atoms with van der Waals surface area (Å²) in [7, 11) is 0. The highest BCUT2D eigenvalue weighted by Gasteiger charge is 2.08. The summed E-state index contributed by atoms with van der Waals surface area (Å²) in [5.41, 5.74) is 3.13. The zero-order valence-corrected chi connectivity index (χ0v) is 8.99. The number of pyridine rings is 1. The Hall–Kier alpha value is -2.01. The number of hydrogen-bond acceptors (Lipinski definition) is 4. The molecule has 0 amide bonds. The summed E-state index contributed by atoms with van der Waals surface area (Å²) in [6.45, 7) is 0. The average Bonchev–Trinajstić information content (AvgIpc) is 2.96. The van der Waals surface area contributed by atoms with Crippen molar-refractivity contribution in [1.82, 2.24) is 15.2 Å². The maximum absolute atomic E-state index is 10.8. The molecule has 16 heavy (non-hydrogen) atoms. The molecule has 1 N–H and O–H groups in total. The second-order valence-electron chi connectivity index (χ2n) is 3.35. The molecule has 0 aliphatic rings. The largest absolute Gasteiger partial charge is 0.298 e. The monoisotopic (exact) mass is 229 g/mol. The predicted octanol–water partition coefficient (Wildman–Crippen LogP) is 2.50. The van der Waals surface area contributed by atoms with Crippen LogP contribution in [0.25, 0.3) is 21.5 Å². The third kappa shape index (κ3) is 1.33. The van der Waals surface area contributed by atoms with E-state index in [0.29, 0.717) is 5.56 Å². The predicted molar refractivity (Wildman–Crippen MR) is 62.6 cm³/mol. The number of H-pyrrole nitrogens is 1. The van der Waals surface area contributed by atoms with Crippen LogP contribution in [0.3, 0.4) is 0 Å². The van der Waals surface area contributed by atoms with E-state index in [0.717, 1.165) is 27.8 Å². The van der Waals surface area contributed by atoms with Crippen LogP contribution in [0.2, 0.25) is 0 Å². The van der Waals surface area contributed by atoms with E-state index in [9.17, 15) is 4.79 Å². The zero-order chi connectivity index (χ0) is 11.0. The van der Waals surface area contributed by atoms with Crippen molar-refractivity contribution in [3.8, 4) is 11.3 Å². The van der Waals surface area contributed by atoms with Gasteiger partial charge < -0.3 is 0 Å². The van der Waals surface area contributed by atoms with E-state index in [2.05, 4.69) is 15.2 Å². The molecular weight excluding hydrogens is 222 g/mol. The topological polar surface area (TPSA) is 58.6 Å². The number of hydrogen-bond donors (Lipinski definition) is 1. The third-order valence-electron chi connectivity index (χ3n) is 2.39. The summed E-state index contributed by atoms with van der Waals surface area (Å²) < 4.78 is 1.10. The lowest BCUT2D eigenvalue weighted by molar-refractivity contribution is 0.112. The van der Waals surface area contributed by atoms with Crippen molar-refractivity contribution < 1.29 is 4.79 Å². The van der Waals surface area contributed by atoms with Crippen molar-refractivity contribution in [2.24, 2.45) is 0 Å². The summed E-state index contributed by atoms with van der Waals surface area (Å²) >= 11 is 1.63. The Morgan fingerprint density at radius 1 is 1.38 bits per heavy atom. The summed E-state index contributed by atoms with van der Waals surface area (Å²) in [6.07, 6.45) is 4.05. The first kappa shape index (κ1) is 9.23. The van der Waals surface area contributed by atoms with Gasteiger partial charge in [0.25, 0.3) is 0 Å². The molecule has 0 saturated heterocycles. The Morgan fingerprint density at radius 3 is 3.19 bits per heavy atom. The van der Waals surface area contributed by atoms with Gasteiger partial charge in [0.2, 0.25) is 0 Å². The van der Waals surface area contributed by atoms with E-state index in [1.165, 1.54) is 6.20 Å². The van der Waals surface area contributed by atoms with Gasteiger partial charge >= 0.3 is 0 Å². The van der Waals surface area contributed by atoms with Crippen LogP contribution in [0.5, 0.6) is 0 Å². The maximum atomic E-state index is 10.8. The highest BCUT2D eigenvalue weighted by Crippen LogP contribution is 2.25. The lowest BCUT2D eigenvalue weighted by Gasteiger charge is -1.98. The van der Waals surface area contributed by atoms with Crippen molar-refractivity contribution in [1.29, 1.82) is 0 Å². The minimum Gasteiger partial charge on any atom is -0.298 e. The summed E-state index contributed by atoms with van der Waals surface area (Å²) in [5.74, 6) is 0. The highest BCUT2D eigenvalue weighted by molar-refractivity contribution is 7.17. The first-order chi connectivity index (χ1) is 7.88. The molecule has 0 saturated carbocycles. The molecule has 0 aliphatic carbocycles. The number of thiophene rings is 1. The van der Waals surface area contributed by atoms with Gasteiger partial charge in [0.15, 0.2) is 6.29 Å². The molecule has 3 aromatic rings. The molecule has 0 atom stereocenters. The van der Waals surface area contributed by atoms with Crippen molar-refractivity contribution in [3.63, 3.8) is 0 Å². The van der Waals surface area contributed by atoms with Gasteiger partial charge in [-0.05, 0) is 17.5 Å². The minimum atomic E-state index is 0.553. The normalized spacial score (nSPS) is 10.8. The van der Waals surface area contributed by atoms with E-state index in [4.69, 9.17) is 0 Å². The van der Waals surface area contributed by atoms with Crippen molar-refractivity contribution >= 4 is 27.8 Å². The molecule has 3 heterocycles. The molecule has 0 bridgehead atoms. The van der Waals surface area contributed by atoms with E-state index in [-0.39, 0.29) is 0 Å². The van der Waals surface area contributed by atoms with Crippen molar-refractivity contribution in [2.75, 3.05) is 0 Å². The van der Waals surface area contributed by atoms with Gasteiger partial charge in [0.05, 0.1) is 27.7 Å². The molecule has 4 nitrogen and oxygen atoms in total. The number of carbonyl (C=O) groups excluding carboxylic acids is 1. The Bertz CT molecular complexity index is 656. The average molecular weight is 229 g/mol. The fourth-order valence-corrected chi connectivity index (χ4v) is 2.38. The highest BCUT2D eigenvalue weighted by atomic mass is 32.1. The van der Waals surface area contributed by atoms with Crippen LogP contribution in [0, 0.1) is 0 Å². The Balaban J connectivity index is 2.21. The number of fused-ring (bicyclic) bond motifs is 1. The van der Waals surface area contributed by atoms with Gasteiger partial charge in [-0.1, -0.05) is 0 Å². The lowest BCUT2D eigenvalue weighted by atomic mass is 10.1. The van der Waals surface area contributed by atoms with Crippen LogP contribution in [-0.2, 0) is 0 Å². The fourth-order valence-electron chi connectivity index (χ4n) is 1.60. The van der Waals surface area contributed by atoms with E-state index in [1.54, 1.807) is 17.5 Å². The molecule has 0 spiro atoms. The van der Waals surface area contributed by atoms with E-state index >= 15 is 0 Å². The first-order valence-electron chi connectivity index (χ1n) is 4.70. The molecule has 0 aliphatic heterocycles. The van der Waals surface area contributed by atoms with Crippen molar-refractivity contribution in [2.45, 2.75) is 0 Å². The molecule has 0 unspecified atom stereocenters. The summed E-state index contributed by atoms with van der Waals surface area (Å²) in [5, 5.41) is 8.66. The van der Waals surface area contributed by atoms with Gasteiger partial charge in [-0.3, -0.25) is 14.9 Å². The Labute approximate surface area is 95.0 Å². The van der Waals surface area contributed by atoms with Crippen LogP contribution >= 0.6 is 11.3 Å². The van der Waals surface area contributed by atoms with Crippen LogP contribution in [0.15, 0.2) is 29.9 Å². The van der Waals surface area contributed by atoms with Gasteiger partial charge in [-0.25, -0.2) is 0 Å². The quantitative estimate of drug-likeness (QED) is 0.687. The molecule has 0 fully saturated rings. The lowest BCUT2D eigenvalue weighted by Crippen LogP contribution is -1.85. The number of nitrogens with zero attached hydrogens (tertiary/aromatic N) is 2. The van der Waals surface area contributed by atoms with Crippen molar-refractivity contribution in [3.05, 3.63) is 35.5 Å². The summed E-state index contributed by atoms with van der Waals surface area (Å²) in [4.78, 5) is 15.1. The van der Waals surface area contributed by atoms with Crippen LogP contribution in [-0.4, -0.2) is 21.5 Å². The maximum Gasteiger partial charge on any atom is 0.153 e. The number of rotatable bonds is 2. The first-order valence-corrected chi connectivity index (χ1v) is 5.58. The minimum absolute atomic E-state index is 0.553. The second-order valence-corrected chi connectivity index (χ2v) is 4.29. The molecule has 5 heteroatoms. The van der Waals surface area contributed by atoms with E-state index in [1.807, 2.05) is 17.5 Å². The van der Waals surface area contributed by atoms with E-state index < -0.39 is 0 Å². The zero-order valence-electron chi connectivity index (χ0n) is 8.18. The molecule has 0 radical (unpaired) electrons. The molecule has 3 rings (SSSR count). The molecular formula is C11H7N3OS. The number of carbonyl (C=O) groups is 1. The SMILES string of the molecule is O=Cc1cn[nH]c1-c1cnc2ccsc2c1. The number of aromatic nitrogens is 3. The molecule has 78 valence electrons. The number of aromatic amines is 1. The fraction of sp³-hybridized carbons (Fsp3) is 0. The third-order valence-corrected chi connectivity index (χ3v) is 3.24. The molecule has 0 aromatic carbocycles. The summed E-state index contributed by atoms with van der Waals surface area (Å²) in [6, 6.07) is 3.98. The van der Waals surface area contributed by atoms with Gasteiger partial charge in [-0.2, -0.15) is 5.10 Å². The standard InChI is InChI=1S/C11H7N3OS/c15-6-8-5-13-14-11(8)7-3-10-9(12-4-7)1-2-16-10/h1-6H,(H,13,14). The van der Waals surface area contributed by atoms with Crippen LogP contribution in [0.4, 0.5) is 0 Å². The smallest absolute Gasteiger partial charge is 0.153 e. The second kappa shape index (κ2) is 3.53. The van der Waals surface area contributed by atoms with Gasteiger partial charge in [-0.15, -0.1) is 11.3 Å². The molecule has 3 aromatic heterocycles. The Morgan fingerprint density at radius 2 is 2.31 bits per heavy atom. The van der Waals surface area contributed by atoms with Crippen LogP contribution in [0.1, 0.15) is 10.4 Å². The van der Waals surface area contributed by atoms with Gasteiger partial charge in [0.1, 0.15) is 0 Å². The Kier molecular flexibility index (Phi) is 2.04.